The highest BCUT2D eigenvalue weighted by Crippen LogP contribution is 2.62. The van der Waals surface area contributed by atoms with Crippen LogP contribution in [0.2, 0.25) is 5.02 Å². The largest absolute Gasteiger partial charge is 0.311 e. The summed E-state index contributed by atoms with van der Waals surface area (Å²) in [6.07, 6.45) is 7.14. The smallest absolute Gasteiger partial charge is 0.0834 e. The third kappa shape index (κ3) is 1.88. The lowest BCUT2D eigenvalue weighted by Gasteiger charge is -2.20. The monoisotopic (exact) mass is 267 g/mol. The van der Waals surface area contributed by atoms with Crippen molar-refractivity contribution in [1.29, 1.82) is 0 Å². The van der Waals surface area contributed by atoms with Gasteiger partial charge in [-0.1, -0.05) is 24.9 Å². The maximum absolute atomic E-state index is 6.36. The van der Waals surface area contributed by atoms with E-state index in [9.17, 15) is 0 Å². The van der Waals surface area contributed by atoms with Crippen LogP contribution in [0.4, 0.5) is 0 Å². The fourth-order valence-electron chi connectivity index (χ4n) is 3.95. The van der Waals surface area contributed by atoms with Crippen LogP contribution >= 0.6 is 11.6 Å². The van der Waals surface area contributed by atoms with E-state index in [-0.39, 0.29) is 0 Å². The van der Waals surface area contributed by atoms with Crippen LogP contribution < -0.4 is 5.32 Å². The number of hydrogen-bond acceptors (Lipinski definition) is 2. The minimum atomic E-state index is 0.391. The average Bonchev–Trinajstić information content (AvgIpc) is 2.74. The summed E-state index contributed by atoms with van der Waals surface area (Å²) in [4.78, 5) is 0. The number of nitrogens with zero attached hydrogens (tertiary/aromatic N) is 2. The number of fused-ring (bicyclic) bond motifs is 1. The van der Waals surface area contributed by atoms with Gasteiger partial charge < -0.3 is 5.32 Å². The standard InChI is InChI=1S/C14H22ClN3/c1-3-7-18-14(11(15)8-17-18)13(16-2)12-9-5-4-6-10(9)12/h8-10,12-13,16H,3-7H2,1-2H3. The summed E-state index contributed by atoms with van der Waals surface area (Å²) in [6.45, 7) is 3.14. The van der Waals surface area contributed by atoms with Crippen LogP contribution in [0.25, 0.3) is 0 Å². The van der Waals surface area contributed by atoms with E-state index >= 15 is 0 Å². The van der Waals surface area contributed by atoms with Gasteiger partial charge in [-0.3, -0.25) is 4.68 Å². The summed E-state index contributed by atoms with van der Waals surface area (Å²) in [7, 11) is 2.05. The van der Waals surface area contributed by atoms with Gasteiger partial charge in [0.15, 0.2) is 0 Å². The number of halogens is 1. The minimum Gasteiger partial charge on any atom is -0.311 e. The van der Waals surface area contributed by atoms with E-state index in [1.54, 1.807) is 6.20 Å². The Balaban J connectivity index is 1.85. The molecule has 2 aliphatic carbocycles. The van der Waals surface area contributed by atoms with E-state index in [1.165, 1.54) is 25.0 Å². The van der Waals surface area contributed by atoms with Gasteiger partial charge in [-0.25, -0.2) is 0 Å². The number of aryl methyl sites for hydroxylation is 1. The molecule has 2 fully saturated rings. The van der Waals surface area contributed by atoms with Crippen molar-refractivity contribution >= 4 is 11.6 Å². The summed E-state index contributed by atoms with van der Waals surface area (Å²) in [5.74, 6) is 2.65. The molecule has 0 aliphatic heterocycles. The molecule has 100 valence electrons. The summed E-state index contributed by atoms with van der Waals surface area (Å²) in [6, 6.07) is 0.391. The lowest BCUT2D eigenvalue weighted by molar-refractivity contribution is 0.410. The molecule has 0 radical (unpaired) electrons. The van der Waals surface area contributed by atoms with Crippen molar-refractivity contribution in [1.82, 2.24) is 15.1 Å². The summed E-state index contributed by atoms with van der Waals surface area (Å²) in [5, 5.41) is 8.74. The first kappa shape index (κ1) is 12.5. The van der Waals surface area contributed by atoms with Crippen molar-refractivity contribution in [2.24, 2.45) is 17.8 Å². The van der Waals surface area contributed by atoms with Crippen LogP contribution in [0.5, 0.6) is 0 Å². The van der Waals surface area contributed by atoms with Crippen LogP contribution in [0.3, 0.4) is 0 Å². The van der Waals surface area contributed by atoms with Gasteiger partial charge >= 0.3 is 0 Å². The van der Waals surface area contributed by atoms with Gasteiger partial charge in [0.2, 0.25) is 0 Å². The molecule has 1 N–H and O–H groups in total. The molecule has 3 unspecified atom stereocenters. The van der Waals surface area contributed by atoms with Gasteiger partial charge in [0.1, 0.15) is 0 Å². The van der Waals surface area contributed by atoms with Crippen LogP contribution in [0.1, 0.15) is 44.3 Å². The third-order valence-corrected chi connectivity index (χ3v) is 5.02. The topological polar surface area (TPSA) is 29.9 Å². The molecule has 1 heterocycles. The zero-order valence-electron chi connectivity index (χ0n) is 11.2. The number of hydrogen-bond donors (Lipinski definition) is 1. The third-order valence-electron chi connectivity index (χ3n) is 4.73. The first-order valence-corrected chi connectivity index (χ1v) is 7.54. The zero-order chi connectivity index (χ0) is 12.7. The van der Waals surface area contributed by atoms with Gasteiger partial charge in [-0.2, -0.15) is 5.10 Å². The van der Waals surface area contributed by atoms with Crippen molar-refractivity contribution in [2.75, 3.05) is 7.05 Å². The highest BCUT2D eigenvalue weighted by atomic mass is 35.5. The van der Waals surface area contributed by atoms with Crippen molar-refractivity contribution in [2.45, 2.75) is 45.2 Å². The van der Waals surface area contributed by atoms with E-state index in [0.717, 1.165) is 35.7 Å². The first-order valence-electron chi connectivity index (χ1n) is 7.16. The normalized spacial score (nSPS) is 31.4. The average molecular weight is 268 g/mol. The molecule has 1 aromatic heterocycles. The Labute approximate surface area is 114 Å². The van der Waals surface area contributed by atoms with Gasteiger partial charge in [0.25, 0.3) is 0 Å². The molecular weight excluding hydrogens is 246 g/mol. The van der Waals surface area contributed by atoms with Crippen LogP contribution in [0.15, 0.2) is 6.20 Å². The molecule has 0 saturated heterocycles. The Morgan fingerprint density at radius 2 is 2.22 bits per heavy atom. The van der Waals surface area contributed by atoms with E-state index in [2.05, 4.69) is 29.1 Å². The summed E-state index contributed by atoms with van der Waals surface area (Å²) < 4.78 is 2.09. The quantitative estimate of drug-likeness (QED) is 0.888. The second-order valence-electron chi connectivity index (χ2n) is 5.70. The predicted molar refractivity (Wildman–Crippen MR) is 73.6 cm³/mol. The Morgan fingerprint density at radius 1 is 1.50 bits per heavy atom. The van der Waals surface area contributed by atoms with Crippen LogP contribution in [-0.4, -0.2) is 16.8 Å². The Bertz CT molecular complexity index is 419. The molecule has 0 amide bonds. The Morgan fingerprint density at radius 3 is 2.83 bits per heavy atom. The molecule has 3 atom stereocenters. The van der Waals surface area contributed by atoms with Gasteiger partial charge in [0, 0.05) is 6.54 Å². The molecule has 0 spiro atoms. The van der Waals surface area contributed by atoms with Crippen molar-refractivity contribution in [3.63, 3.8) is 0 Å². The molecule has 0 bridgehead atoms. The highest BCUT2D eigenvalue weighted by molar-refractivity contribution is 6.31. The van der Waals surface area contributed by atoms with E-state index in [4.69, 9.17) is 11.6 Å². The molecule has 4 heteroatoms. The van der Waals surface area contributed by atoms with Gasteiger partial charge in [0.05, 0.1) is 23.0 Å². The predicted octanol–water partition coefficient (Wildman–Crippen LogP) is 3.25. The number of aromatic nitrogens is 2. The maximum atomic E-state index is 6.36. The zero-order valence-corrected chi connectivity index (χ0v) is 12.0. The van der Waals surface area contributed by atoms with Gasteiger partial charge in [-0.15, -0.1) is 0 Å². The van der Waals surface area contributed by atoms with Crippen molar-refractivity contribution in [3.05, 3.63) is 16.9 Å². The fourth-order valence-corrected chi connectivity index (χ4v) is 4.21. The molecule has 2 aliphatic rings. The SMILES string of the molecule is CCCn1ncc(Cl)c1C(NC)C1C2CCCC21. The number of nitrogens with one attached hydrogen (secondary N) is 1. The second kappa shape index (κ2) is 4.86. The van der Waals surface area contributed by atoms with Crippen LogP contribution in [-0.2, 0) is 6.54 Å². The van der Waals surface area contributed by atoms with Crippen LogP contribution in [0, 0.1) is 17.8 Å². The Hall–Kier alpha value is -0.540. The van der Waals surface area contributed by atoms with E-state index in [1.807, 2.05) is 0 Å². The summed E-state index contributed by atoms with van der Waals surface area (Å²) >= 11 is 6.36. The summed E-state index contributed by atoms with van der Waals surface area (Å²) in [5.41, 5.74) is 1.21. The molecule has 18 heavy (non-hydrogen) atoms. The molecule has 1 aromatic rings. The fraction of sp³-hybridized carbons (Fsp3) is 0.786. The minimum absolute atomic E-state index is 0.391. The molecule has 3 rings (SSSR count). The lowest BCUT2D eigenvalue weighted by atomic mass is 10.0. The Kier molecular flexibility index (Phi) is 3.37. The molecule has 2 saturated carbocycles. The maximum Gasteiger partial charge on any atom is 0.0834 e. The number of rotatable bonds is 5. The second-order valence-corrected chi connectivity index (χ2v) is 6.11. The molecular formula is C14H22ClN3. The van der Waals surface area contributed by atoms with Gasteiger partial charge in [-0.05, 0) is 44.1 Å². The molecule has 0 aromatic carbocycles. The van der Waals surface area contributed by atoms with Crippen molar-refractivity contribution in [3.8, 4) is 0 Å². The van der Waals surface area contributed by atoms with E-state index < -0.39 is 0 Å². The molecule has 3 nitrogen and oxygen atoms in total. The highest BCUT2D eigenvalue weighted by Gasteiger charge is 2.56. The first-order chi connectivity index (χ1) is 8.77. The van der Waals surface area contributed by atoms with Crippen molar-refractivity contribution < 1.29 is 0 Å². The van der Waals surface area contributed by atoms with E-state index in [0.29, 0.717) is 6.04 Å². The lowest BCUT2D eigenvalue weighted by Crippen LogP contribution is -2.24.